The first kappa shape index (κ1) is 17.7. The second kappa shape index (κ2) is 7.84. The highest BCUT2D eigenvalue weighted by Gasteiger charge is 2.14. The number of aromatic nitrogens is 1. The third-order valence-corrected chi connectivity index (χ3v) is 3.88. The summed E-state index contributed by atoms with van der Waals surface area (Å²) in [5.41, 5.74) is 1.37. The van der Waals surface area contributed by atoms with Crippen molar-refractivity contribution in [2.75, 3.05) is 17.7 Å². The van der Waals surface area contributed by atoms with Crippen molar-refractivity contribution in [3.8, 4) is 5.75 Å². The van der Waals surface area contributed by atoms with Crippen molar-refractivity contribution in [1.82, 2.24) is 4.98 Å². The van der Waals surface area contributed by atoms with Gasteiger partial charge in [0.2, 0.25) is 0 Å². The molecule has 0 aliphatic carbocycles. The van der Waals surface area contributed by atoms with Crippen LogP contribution in [0.2, 0.25) is 5.02 Å². The molecule has 26 heavy (non-hydrogen) atoms. The monoisotopic (exact) mass is 371 g/mol. The summed E-state index contributed by atoms with van der Waals surface area (Å²) < 4.78 is 18.6. The molecule has 7 heteroatoms. The van der Waals surface area contributed by atoms with Gasteiger partial charge in [0.25, 0.3) is 5.91 Å². The molecule has 0 saturated carbocycles. The van der Waals surface area contributed by atoms with Gasteiger partial charge in [-0.1, -0.05) is 23.7 Å². The van der Waals surface area contributed by atoms with Gasteiger partial charge in [0.1, 0.15) is 17.4 Å². The largest absolute Gasteiger partial charge is 0.495 e. The van der Waals surface area contributed by atoms with E-state index in [4.69, 9.17) is 16.3 Å². The summed E-state index contributed by atoms with van der Waals surface area (Å²) >= 11 is 5.75. The summed E-state index contributed by atoms with van der Waals surface area (Å²) in [6.45, 7) is 0. The molecule has 2 N–H and O–H groups in total. The summed E-state index contributed by atoms with van der Waals surface area (Å²) in [6, 6.07) is 14.5. The maximum atomic E-state index is 13.3. The van der Waals surface area contributed by atoms with Crippen molar-refractivity contribution in [3.63, 3.8) is 0 Å². The van der Waals surface area contributed by atoms with Crippen LogP contribution < -0.4 is 15.4 Å². The van der Waals surface area contributed by atoms with Gasteiger partial charge in [0, 0.05) is 11.9 Å². The van der Waals surface area contributed by atoms with E-state index in [0.29, 0.717) is 28.5 Å². The van der Waals surface area contributed by atoms with E-state index in [1.165, 1.54) is 18.2 Å². The number of halogens is 2. The molecule has 5 nitrogen and oxygen atoms in total. The van der Waals surface area contributed by atoms with Crippen molar-refractivity contribution in [2.45, 2.75) is 0 Å². The lowest BCUT2D eigenvalue weighted by molar-refractivity contribution is 0.102. The van der Waals surface area contributed by atoms with Crippen LogP contribution >= 0.6 is 11.6 Å². The molecule has 0 atom stereocenters. The van der Waals surface area contributed by atoms with Gasteiger partial charge in [-0.15, -0.1) is 0 Å². The molecule has 0 fully saturated rings. The number of carbonyl (C=O) groups excluding carboxylic acids is 1. The second-order valence-corrected chi connectivity index (χ2v) is 5.72. The highest BCUT2D eigenvalue weighted by Crippen LogP contribution is 2.28. The molecule has 0 spiro atoms. The molecule has 0 radical (unpaired) electrons. The van der Waals surface area contributed by atoms with Crippen molar-refractivity contribution in [2.24, 2.45) is 0 Å². The molecule has 1 heterocycles. The number of amides is 1. The summed E-state index contributed by atoms with van der Waals surface area (Å²) in [6.07, 6.45) is 1.57. The van der Waals surface area contributed by atoms with E-state index < -0.39 is 11.7 Å². The first-order valence-corrected chi connectivity index (χ1v) is 8.07. The lowest BCUT2D eigenvalue weighted by Gasteiger charge is -2.13. The number of ether oxygens (including phenoxy) is 1. The van der Waals surface area contributed by atoms with Gasteiger partial charge in [-0.3, -0.25) is 4.79 Å². The molecule has 0 aliphatic rings. The maximum Gasteiger partial charge on any atom is 0.259 e. The zero-order valence-electron chi connectivity index (χ0n) is 13.8. The van der Waals surface area contributed by atoms with Crippen LogP contribution in [0.15, 0.2) is 60.8 Å². The Labute approximate surface area is 154 Å². The van der Waals surface area contributed by atoms with Crippen LogP contribution in [-0.2, 0) is 0 Å². The smallest absolute Gasteiger partial charge is 0.259 e. The predicted molar refractivity (Wildman–Crippen MR) is 99.9 cm³/mol. The Bertz CT molecular complexity index is 950. The number of nitrogens with one attached hydrogen (secondary N) is 2. The van der Waals surface area contributed by atoms with Crippen LogP contribution in [0.3, 0.4) is 0 Å². The van der Waals surface area contributed by atoms with Crippen molar-refractivity contribution in [1.29, 1.82) is 0 Å². The first-order valence-electron chi connectivity index (χ1n) is 7.70. The third kappa shape index (κ3) is 3.92. The Morgan fingerprint density at radius 2 is 1.96 bits per heavy atom. The van der Waals surface area contributed by atoms with Crippen LogP contribution in [0.1, 0.15) is 10.4 Å². The van der Waals surface area contributed by atoms with Crippen LogP contribution in [-0.4, -0.2) is 18.0 Å². The lowest BCUT2D eigenvalue weighted by Crippen LogP contribution is -2.14. The molecule has 132 valence electrons. The topological polar surface area (TPSA) is 63.2 Å². The molecule has 0 bridgehead atoms. The zero-order chi connectivity index (χ0) is 18.5. The number of anilines is 3. The number of hydrogen-bond acceptors (Lipinski definition) is 4. The van der Waals surface area contributed by atoms with Crippen LogP contribution in [0.5, 0.6) is 5.75 Å². The van der Waals surface area contributed by atoms with E-state index >= 15 is 0 Å². The van der Waals surface area contributed by atoms with E-state index in [0.717, 1.165) is 0 Å². The Hall–Kier alpha value is -3.12. The number of benzene rings is 2. The minimum absolute atomic E-state index is 0.0682. The van der Waals surface area contributed by atoms with E-state index in [1.54, 1.807) is 31.5 Å². The fourth-order valence-electron chi connectivity index (χ4n) is 2.34. The van der Waals surface area contributed by atoms with Crippen molar-refractivity contribution >= 4 is 34.7 Å². The Kier molecular flexibility index (Phi) is 5.34. The minimum atomic E-state index is -0.551. The predicted octanol–water partition coefficient (Wildman–Crippen LogP) is 4.88. The molecular weight excluding hydrogens is 357 g/mol. The highest BCUT2D eigenvalue weighted by molar-refractivity contribution is 6.31. The van der Waals surface area contributed by atoms with Crippen LogP contribution in [0.4, 0.5) is 21.6 Å². The standard InChI is InChI=1S/C19H15ClFN3O2/c1-26-17-7-3-2-6-16(17)24-18-13(5-4-10-22-18)19(25)23-12-8-9-15(21)14(20)11-12/h2-11H,1H3,(H,22,24)(H,23,25). The van der Waals surface area contributed by atoms with Crippen LogP contribution in [0.25, 0.3) is 0 Å². The highest BCUT2D eigenvalue weighted by atomic mass is 35.5. The third-order valence-electron chi connectivity index (χ3n) is 3.59. The zero-order valence-corrected chi connectivity index (χ0v) is 14.5. The Balaban J connectivity index is 1.86. The summed E-state index contributed by atoms with van der Waals surface area (Å²) in [7, 11) is 1.56. The summed E-state index contributed by atoms with van der Waals surface area (Å²) in [5.74, 6) is 0.0280. The normalized spacial score (nSPS) is 10.3. The Morgan fingerprint density at radius 1 is 1.15 bits per heavy atom. The molecule has 2 aromatic carbocycles. The lowest BCUT2D eigenvalue weighted by atomic mass is 10.2. The molecule has 0 aliphatic heterocycles. The number of para-hydroxylation sites is 2. The van der Waals surface area contributed by atoms with Gasteiger partial charge >= 0.3 is 0 Å². The molecule has 1 amide bonds. The number of nitrogens with zero attached hydrogens (tertiary/aromatic N) is 1. The molecule has 3 aromatic rings. The fraction of sp³-hybridized carbons (Fsp3) is 0.0526. The molecule has 1 aromatic heterocycles. The second-order valence-electron chi connectivity index (χ2n) is 5.31. The maximum absolute atomic E-state index is 13.3. The van der Waals surface area contributed by atoms with Crippen molar-refractivity contribution < 1.29 is 13.9 Å². The number of carbonyl (C=O) groups is 1. The molecule has 0 unspecified atom stereocenters. The van der Waals surface area contributed by atoms with E-state index in [9.17, 15) is 9.18 Å². The van der Waals surface area contributed by atoms with Gasteiger partial charge in [0.15, 0.2) is 0 Å². The average Bonchev–Trinajstić information content (AvgIpc) is 2.65. The number of pyridine rings is 1. The van der Waals surface area contributed by atoms with Gasteiger partial charge in [-0.25, -0.2) is 9.37 Å². The number of rotatable bonds is 5. The van der Waals surface area contributed by atoms with Crippen LogP contribution in [0, 0.1) is 5.82 Å². The quantitative estimate of drug-likeness (QED) is 0.671. The average molecular weight is 372 g/mol. The SMILES string of the molecule is COc1ccccc1Nc1ncccc1C(=O)Nc1ccc(F)c(Cl)c1. The van der Waals surface area contributed by atoms with Gasteiger partial charge in [0.05, 0.1) is 23.4 Å². The van der Waals surface area contributed by atoms with Gasteiger partial charge in [-0.2, -0.15) is 0 Å². The van der Waals surface area contributed by atoms with Crippen molar-refractivity contribution in [3.05, 3.63) is 77.2 Å². The minimum Gasteiger partial charge on any atom is -0.495 e. The first-order chi connectivity index (χ1) is 12.6. The van der Waals surface area contributed by atoms with Gasteiger partial charge < -0.3 is 15.4 Å². The summed E-state index contributed by atoms with van der Waals surface area (Å²) in [5, 5.41) is 5.71. The van der Waals surface area contributed by atoms with Gasteiger partial charge in [-0.05, 0) is 42.5 Å². The number of methoxy groups -OCH3 is 1. The molecular formula is C19H15ClFN3O2. The van der Waals surface area contributed by atoms with E-state index in [1.807, 2.05) is 18.2 Å². The molecule has 3 rings (SSSR count). The van der Waals surface area contributed by atoms with E-state index in [2.05, 4.69) is 15.6 Å². The van der Waals surface area contributed by atoms with E-state index in [-0.39, 0.29) is 5.02 Å². The Morgan fingerprint density at radius 3 is 2.73 bits per heavy atom. The number of hydrogen-bond donors (Lipinski definition) is 2. The fourth-order valence-corrected chi connectivity index (χ4v) is 2.52. The summed E-state index contributed by atoms with van der Waals surface area (Å²) in [4.78, 5) is 16.8. The molecule has 0 saturated heterocycles.